The highest BCUT2D eigenvalue weighted by atomic mass is 32.1. The Labute approximate surface area is 160 Å². The van der Waals surface area contributed by atoms with Gasteiger partial charge in [-0.25, -0.2) is 9.97 Å². The molecule has 134 valence electrons. The van der Waals surface area contributed by atoms with Crippen molar-refractivity contribution in [1.82, 2.24) is 9.97 Å². The number of hydrogen-bond acceptors (Lipinski definition) is 6. The smallest absolute Gasteiger partial charge is 0.158 e. The molecule has 0 unspecified atom stereocenters. The summed E-state index contributed by atoms with van der Waals surface area (Å²) in [5.41, 5.74) is 5.14. The quantitative estimate of drug-likeness (QED) is 0.396. The van der Waals surface area contributed by atoms with Crippen molar-refractivity contribution >= 4 is 44.4 Å². The number of rotatable bonds is 3. The molecule has 0 amide bonds. The van der Waals surface area contributed by atoms with E-state index in [1.807, 2.05) is 30.3 Å². The molecule has 2 N–H and O–H groups in total. The predicted octanol–water partition coefficient (Wildman–Crippen LogP) is 4.87. The molecule has 1 aliphatic carbocycles. The van der Waals surface area contributed by atoms with E-state index in [1.165, 1.54) is 23.3 Å². The number of aromatic hydroxyl groups is 1. The van der Waals surface area contributed by atoms with E-state index in [-0.39, 0.29) is 5.75 Å². The van der Waals surface area contributed by atoms with Crippen LogP contribution in [0, 0.1) is 0 Å². The maximum Gasteiger partial charge on any atom is 0.158 e. The van der Waals surface area contributed by atoms with Crippen LogP contribution in [0.25, 0.3) is 21.0 Å². The monoisotopic (exact) mass is 374 g/mol. The first kappa shape index (κ1) is 16.2. The number of thiophene rings is 1. The van der Waals surface area contributed by atoms with Crippen molar-refractivity contribution in [2.45, 2.75) is 25.7 Å². The zero-order valence-electron chi connectivity index (χ0n) is 14.6. The van der Waals surface area contributed by atoms with Crippen LogP contribution in [-0.4, -0.2) is 21.3 Å². The summed E-state index contributed by atoms with van der Waals surface area (Å²) < 4.78 is 0. The Hall–Kier alpha value is -2.99. The fraction of sp³-hybridized carbons (Fsp3) is 0.190. The zero-order chi connectivity index (χ0) is 18.2. The minimum absolute atomic E-state index is 0.208. The lowest BCUT2D eigenvalue weighted by Crippen LogP contribution is -2.01. The minimum Gasteiger partial charge on any atom is -0.507 e. The Bertz CT molecular complexity index is 1180. The van der Waals surface area contributed by atoms with E-state index in [4.69, 9.17) is 0 Å². The highest BCUT2D eigenvalue weighted by molar-refractivity contribution is 7.19. The van der Waals surface area contributed by atoms with E-state index in [0.717, 1.165) is 39.6 Å². The molecule has 0 aliphatic heterocycles. The summed E-state index contributed by atoms with van der Waals surface area (Å²) in [6.07, 6.45) is 7.89. The first-order chi connectivity index (χ1) is 13.3. The topological polar surface area (TPSA) is 70.4 Å². The maximum absolute atomic E-state index is 10.3. The third kappa shape index (κ3) is 2.82. The second-order valence-corrected chi connectivity index (χ2v) is 7.79. The predicted molar refractivity (Wildman–Crippen MR) is 111 cm³/mol. The molecular weight excluding hydrogens is 356 g/mol. The summed E-state index contributed by atoms with van der Waals surface area (Å²) in [6, 6.07) is 11.5. The molecule has 0 bridgehead atoms. The summed E-state index contributed by atoms with van der Waals surface area (Å²) in [7, 11) is 0. The molecule has 2 aromatic heterocycles. The summed E-state index contributed by atoms with van der Waals surface area (Å²) in [5, 5.41) is 17.8. The number of hydrogen-bond donors (Lipinski definition) is 2. The van der Waals surface area contributed by atoms with Gasteiger partial charge in [0, 0.05) is 10.4 Å². The molecule has 4 aromatic rings. The third-order valence-corrected chi connectivity index (χ3v) is 6.26. The summed E-state index contributed by atoms with van der Waals surface area (Å²) >= 11 is 1.77. The van der Waals surface area contributed by atoms with Gasteiger partial charge in [0.1, 0.15) is 16.9 Å². The molecule has 5 rings (SSSR count). The molecule has 5 nitrogen and oxygen atoms in total. The van der Waals surface area contributed by atoms with Crippen molar-refractivity contribution in [3.8, 4) is 5.75 Å². The van der Waals surface area contributed by atoms with E-state index >= 15 is 0 Å². The fourth-order valence-electron chi connectivity index (χ4n) is 3.75. The number of phenolic OH excluding ortho intramolecular Hbond substituents is 1. The third-order valence-electron chi connectivity index (χ3n) is 5.06. The van der Waals surface area contributed by atoms with Crippen LogP contribution in [0.2, 0.25) is 0 Å². The van der Waals surface area contributed by atoms with Gasteiger partial charge < -0.3 is 5.11 Å². The Kier molecular flexibility index (Phi) is 3.98. The SMILES string of the molecule is Oc1ccc2ccccc2c1/C=N\Nc1ncnc2sc3c(c12)CCCC3. The molecule has 0 fully saturated rings. The highest BCUT2D eigenvalue weighted by Crippen LogP contribution is 2.38. The van der Waals surface area contributed by atoms with Gasteiger partial charge in [0.05, 0.1) is 11.6 Å². The van der Waals surface area contributed by atoms with Crippen molar-refractivity contribution in [2.24, 2.45) is 5.10 Å². The number of nitrogens with one attached hydrogen (secondary N) is 1. The van der Waals surface area contributed by atoms with Crippen molar-refractivity contribution < 1.29 is 5.11 Å². The first-order valence-electron chi connectivity index (χ1n) is 9.06. The number of hydrazone groups is 1. The van der Waals surface area contributed by atoms with Gasteiger partial charge in [0.25, 0.3) is 0 Å². The van der Waals surface area contributed by atoms with Gasteiger partial charge >= 0.3 is 0 Å². The fourth-order valence-corrected chi connectivity index (χ4v) is 4.98. The van der Waals surface area contributed by atoms with Crippen LogP contribution in [0.1, 0.15) is 28.8 Å². The Morgan fingerprint density at radius 1 is 1.07 bits per heavy atom. The molecule has 27 heavy (non-hydrogen) atoms. The normalized spacial score (nSPS) is 14.1. The number of aromatic nitrogens is 2. The molecule has 2 aromatic carbocycles. The van der Waals surface area contributed by atoms with Gasteiger partial charge in [-0.05, 0) is 48.1 Å². The first-order valence-corrected chi connectivity index (χ1v) is 9.88. The molecule has 0 saturated carbocycles. The van der Waals surface area contributed by atoms with E-state index in [2.05, 4.69) is 20.5 Å². The molecule has 0 saturated heterocycles. The van der Waals surface area contributed by atoms with Gasteiger partial charge in [-0.15, -0.1) is 11.3 Å². The van der Waals surface area contributed by atoms with Crippen LogP contribution in [-0.2, 0) is 12.8 Å². The highest BCUT2D eigenvalue weighted by Gasteiger charge is 2.19. The Morgan fingerprint density at radius 2 is 1.96 bits per heavy atom. The van der Waals surface area contributed by atoms with Crippen molar-refractivity contribution in [3.63, 3.8) is 0 Å². The lowest BCUT2D eigenvalue weighted by atomic mass is 9.97. The number of anilines is 1. The molecule has 1 aliphatic rings. The van der Waals surface area contributed by atoms with Crippen LogP contribution in [0.15, 0.2) is 47.8 Å². The van der Waals surface area contributed by atoms with Crippen LogP contribution in [0.3, 0.4) is 0 Å². The average molecular weight is 374 g/mol. The largest absolute Gasteiger partial charge is 0.507 e. The number of fused-ring (bicyclic) bond motifs is 4. The summed E-state index contributed by atoms with van der Waals surface area (Å²) in [4.78, 5) is 11.3. The number of nitrogens with zero attached hydrogens (tertiary/aromatic N) is 3. The van der Waals surface area contributed by atoms with E-state index in [0.29, 0.717) is 5.56 Å². The molecule has 0 atom stereocenters. The Morgan fingerprint density at radius 3 is 2.93 bits per heavy atom. The van der Waals surface area contributed by atoms with Gasteiger partial charge in [0.2, 0.25) is 0 Å². The number of benzene rings is 2. The van der Waals surface area contributed by atoms with Crippen molar-refractivity contribution in [1.29, 1.82) is 0 Å². The maximum atomic E-state index is 10.3. The molecule has 0 spiro atoms. The summed E-state index contributed by atoms with van der Waals surface area (Å²) in [6.45, 7) is 0. The number of aryl methyl sites for hydroxylation is 2. The lowest BCUT2D eigenvalue weighted by molar-refractivity contribution is 0.475. The van der Waals surface area contributed by atoms with Crippen molar-refractivity contribution in [2.75, 3.05) is 5.43 Å². The Balaban J connectivity index is 1.52. The van der Waals surface area contributed by atoms with Crippen LogP contribution < -0.4 is 5.43 Å². The number of phenols is 1. The van der Waals surface area contributed by atoms with E-state index in [9.17, 15) is 5.11 Å². The standard InChI is InChI=1S/C21H18N4OS/c26-17-10-9-13-5-1-2-6-14(13)16(17)11-24-25-20-19-15-7-3-4-8-18(15)27-21(19)23-12-22-20/h1-2,5-6,9-12,26H,3-4,7-8H2,(H,22,23,25)/b24-11-. The van der Waals surface area contributed by atoms with Crippen molar-refractivity contribution in [3.05, 3.63) is 58.7 Å². The zero-order valence-corrected chi connectivity index (χ0v) is 15.5. The molecule has 2 heterocycles. The summed E-state index contributed by atoms with van der Waals surface area (Å²) in [5.74, 6) is 0.940. The second-order valence-electron chi connectivity index (χ2n) is 6.70. The minimum atomic E-state index is 0.208. The molecule has 0 radical (unpaired) electrons. The van der Waals surface area contributed by atoms with Gasteiger partial charge in [0.15, 0.2) is 5.82 Å². The van der Waals surface area contributed by atoms with Crippen LogP contribution in [0.5, 0.6) is 5.75 Å². The van der Waals surface area contributed by atoms with Gasteiger partial charge in [-0.1, -0.05) is 30.3 Å². The van der Waals surface area contributed by atoms with E-state index in [1.54, 1.807) is 29.9 Å². The lowest BCUT2D eigenvalue weighted by Gasteiger charge is -2.11. The molecule has 6 heteroatoms. The van der Waals surface area contributed by atoms with Crippen LogP contribution in [0.4, 0.5) is 5.82 Å². The van der Waals surface area contributed by atoms with Gasteiger partial charge in [-0.2, -0.15) is 5.10 Å². The van der Waals surface area contributed by atoms with E-state index < -0.39 is 0 Å². The van der Waals surface area contributed by atoms with Gasteiger partial charge in [-0.3, -0.25) is 5.43 Å². The second kappa shape index (κ2) is 6.63. The average Bonchev–Trinajstić information content (AvgIpc) is 3.09. The van der Waals surface area contributed by atoms with Crippen LogP contribution >= 0.6 is 11.3 Å². The molecular formula is C21H18N4OS.